The van der Waals surface area contributed by atoms with E-state index in [0.717, 1.165) is 11.4 Å². The highest BCUT2D eigenvalue weighted by molar-refractivity contribution is 5.95. The molecule has 0 saturated carbocycles. The second kappa shape index (κ2) is 6.10. The standard InChI is InChI=1S/C16H21N5O3/c1-4-21-13(5-10(19-21)9(2)3)15(22)20-7-12-11(17-8-18-12)6-14(20)16(23)24/h5,8-9,14H,4,6-7H2,1-3H3,(H,17,18)(H,23,24). The van der Waals surface area contributed by atoms with Crippen molar-refractivity contribution in [2.24, 2.45) is 0 Å². The van der Waals surface area contributed by atoms with Gasteiger partial charge in [-0.2, -0.15) is 5.10 Å². The molecule has 1 aliphatic rings. The van der Waals surface area contributed by atoms with Gasteiger partial charge in [0.05, 0.1) is 30.0 Å². The number of aromatic amines is 1. The number of carboxylic acids is 1. The molecule has 1 aliphatic heterocycles. The van der Waals surface area contributed by atoms with E-state index in [9.17, 15) is 14.7 Å². The quantitative estimate of drug-likeness (QED) is 0.881. The van der Waals surface area contributed by atoms with Crippen LogP contribution in [0.4, 0.5) is 0 Å². The second-order valence-electron chi connectivity index (χ2n) is 6.24. The van der Waals surface area contributed by atoms with Crippen LogP contribution in [0.5, 0.6) is 0 Å². The summed E-state index contributed by atoms with van der Waals surface area (Å²) in [5.74, 6) is -1.15. The van der Waals surface area contributed by atoms with E-state index in [1.54, 1.807) is 10.7 Å². The first-order chi connectivity index (χ1) is 11.4. The highest BCUT2D eigenvalue weighted by atomic mass is 16.4. The lowest BCUT2D eigenvalue weighted by atomic mass is 10.0. The van der Waals surface area contributed by atoms with Crippen molar-refractivity contribution in [1.29, 1.82) is 0 Å². The Hall–Kier alpha value is -2.64. The van der Waals surface area contributed by atoms with E-state index in [4.69, 9.17) is 0 Å². The monoisotopic (exact) mass is 331 g/mol. The molecule has 1 unspecified atom stereocenters. The van der Waals surface area contributed by atoms with E-state index in [1.165, 1.54) is 11.2 Å². The molecule has 3 heterocycles. The topological polar surface area (TPSA) is 104 Å². The number of imidazole rings is 1. The lowest BCUT2D eigenvalue weighted by molar-refractivity contribution is -0.142. The number of hydrogen-bond donors (Lipinski definition) is 2. The number of aliphatic carboxylic acids is 1. The molecule has 24 heavy (non-hydrogen) atoms. The summed E-state index contributed by atoms with van der Waals surface area (Å²) in [5, 5.41) is 14.0. The number of aryl methyl sites for hydroxylation is 1. The molecule has 8 heteroatoms. The van der Waals surface area contributed by atoms with Crippen molar-refractivity contribution < 1.29 is 14.7 Å². The van der Waals surface area contributed by atoms with Gasteiger partial charge in [-0.15, -0.1) is 0 Å². The van der Waals surface area contributed by atoms with Gasteiger partial charge in [-0.1, -0.05) is 13.8 Å². The number of nitrogens with zero attached hydrogens (tertiary/aromatic N) is 4. The Morgan fingerprint density at radius 2 is 2.21 bits per heavy atom. The molecule has 128 valence electrons. The zero-order valence-corrected chi connectivity index (χ0v) is 14.0. The normalized spacial score (nSPS) is 17.2. The third-order valence-corrected chi connectivity index (χ3v) is 4.35. The Morgan fingerprint density at radius 3 is 2.83 bits per heavy atom. The predicted molar refractivity (Wildman–Crippen MR) is 85.6 cm³/mol. The zero-order chi connectivity index (χ0) is 17.4. The number of hydrogen-bond acceptors (Lipinski definition) is 4. The maximum absolute atomic E-state index is 13.0. The number of nitrogens with one attached hydrogen (secondary N) is 1. The van der Waals surface area contributed by atoms with E-state index in [0.29, 0.717) is 17.9 Å². The molecule has 0 bridgehead atoms. The number of aromatic nitrogens is 4. The van der Waals surface area contributed by atoms with Gasteiger partial charge < -0.3 is 15.0 Å². The maximum atomic E-state index is 13.0. The molecule has 1 atom stereocenters. The molecule has 2 aromatic heterocycles. The molecule has 0 fully saturated rings. The molecule has 8 nitrogen and oxygen atoms in total. The zero-order valence-electron chi connectivity index (χ0n) is 14.0. The van der Waals surface area contributed by atoms with Gasteiger partial charge >= 0.3 is 5.97 Å². The molecule has 2 aromatic rings. The summed E-state index contributed by atoms with van der Waals surface area (Å²) in [6.45, 7) is 6.68. The third kappa shape index (κ3) is 2.68. The van der Waals surface area contributed by atoms with Crippen molar-refractivity contribution in [3.05, 3.63) is 35.2 Å². The summed E-state index contributed by atoms with van der Waals surface area (Å²) in [4.78, 5) is 33.2. The number of H-pyrrole nitrogens is 1. The lowest BCUT2D eigenvalue weighted by Gasteiger charge is -2.32. The van der Waals surface area contributed by atoms with Crippen LogP contribution in [0.2, 0.25) is 0 Å². The first-order valence-electron chi connectivity index (χ1n) is 8.05. The highest BCUT2D eigenvalue weighted by Crippen LogP contribution is 2.24. The highest BCUT2D eigenvalue weighted by Gasteiger charge is 2.37. The molecular weight excluding hydrogens is 310 g/mol. The molecule has 3 rings (SSSR count). The van der Waals surface area contributed by atoms with Gasteiger partial charge in [-0.25, -0.2) is 9.78 Å². The lowest BCUT2D eigenvalue weighted by Crippen LogP contribution is -2.49. The van der Waals surface area contributed by atoms with Gasteiger partial charge in [-0.05, 0) is 18.9 Å². The number of carbonyl (C=O) groups is 2. The number of rotatable bonds is 4. The minimum Gasteiger partial charge on any atom is -0.480 e. The molecule has 2 N–H and O–H groups in total. The van der Waals surface area contributed by atoms with Crippen LogP contribution in [-0.2, 0) is 24.3 Å². The van der Waals surface area contributed by atoms with Crippen LogP contribution in [0.25, 0.3) is 0 Å². The molecule has 0 radical (unpaired) electrons. The third-order valence-electron chi connectivity index (χ3n) is 4.35. The number of fused-ring (bicyclic) bond motifs is 1. The summed E-state index contributed by atoms with van der Waals surface area (Å²) >= 11 is 0. The summed E-state index contributed by atoms with van der Waals surface area (Å²) in [7, 11) is 0. The number of amides is 1. The summed E-state index contributed by atoms with van der Waals surface area (Å²) in [5.41, 5.74) is 2.74. The molecule has 0 aromatic carbocycles. The second-order valence-corrected chi connectivity index (χ2v) is 6.24. The van der Waals surface area contributed by atoms with Crippen molar-refractivity contribution in [2.45, 2.75) is 52.2 Å². The van der Waals surface area contributed by atoms with E-state index in [1.807, 2.05) is 20.8 Å². The van der Waals surface area contributed by atoms with Crippen molar-refractivity contribution in [3.63, 3.8) is 0 Å². The van der Waals surface area contributed by atoms with Gasteiger partial charge in [0.2, 0.25) is 0 Å². The molecule has 0 aliphatic carbocycles. The first kappa shape index (κ1) is 16.2. The van der Waals surface area contributed by atoms with Crippen LogP contribution in [0.3, 0.4) is 0 Å². The summed E-state index contributed by atoms with van der Waals surface area (Å²) < 4.78 is 1.64. The van der Waals surface area contributed by atoms with Gasteiger partial charge in [-0.3, -0.25) is 9.48 Å². The van der Waals surface area contributed by atoms with E-state index in [2.05, 4.69) is 15.1 Å². The Balaban J connectivity index is 1.97. The van der Waals surface area contributed by atoms with E-state index < -0.39 is 12.0 Å². The fraction of sp³-hybridized carbons (Fsp3) is 0.500. The first-order valence-corrected chi connectivity index (χ1v) is 8.05. The largest absolute Gasteiger partial charge is 0.480 e. The van der Waals surface area contributed by atoms with Gasteiger partial charge in [0.15, 0.2) is 0 Å². The van der Waals surface area contributed by atoms with Crippen molar-refractivity contribution in [1.82, 2.24) is 24.6 Å². The van der Waals surface area contributed by atoms with Gasteiger partial charge in [0.1, 0.15) is 11.7 Å². The summed E-state index contributed by atoms with van der Waals surface area (Å²) in [6.07, 6.45) is 1.74. The Kier molecular flexibility index (Phi) is 4.13. The Morgan fingerprint density at radius 1 is 1.46 bits per heavy atom. The average Bonchev–Trinajstić information content (AvgIpc) is 3.18. The number of carboxylic acid groups (broad SMARTS) is 1. The summed E-state index contributed by atoms with van der Waals surface area (Å²) in [6, 6.07) is 0.841. The fourth-order valence-corrected chi connectivity index (χ4v) is 2.95. The van der Waals surface area contributed by atoms with E-state index >= 15 is 0 Å². The van der Waals surface area contributed by atoms with Crippen molar-refractivity contribution in [3.8, 4) is 0 Å². The Labute approximate surface area is 139 Å². The molecule has 0 saturated heterocycles. The molecule has 1 amide bonds. The van der Waals surface area contributed by atoms with Crippen molar-refractivity contribution in [2.75, 3.05) is 0 Å². The van der Waals surface area contributed by atoms with Crippen LogP contribution < -0.4 is 0 Å². The number of carbonyl (C=O) groups excluding carboxylic acids is 1. The maximum Gasteiger partial charge on any atom is 0.326 e. The van der Waals surface area contributed by atoms with Crippen LogP contribution in [-0.4, -0.2) is 47.7 Å². The predicted octanol–water partition coefficient (Wildman–Crippen LogP) is 1.40. The molecular formula is C16H21N5O3. The van der Waals surface area contributed by atoms with E-state index in [-0.39, 0.29) is 24.8 Å². The van der Waals surface area contributed by atoms with Crippen LogP contribution in [0.1, 0.15) is 54.3 Å². The minimum absolute atomic E-state index is 0.195. The van der Waals surface area contributed by atoms with Crippen LogP contribution in [0.15, 0.2) is 12.4 Å². The SMILES string of the molecule is CCn1nc(C(C)C)cc1C(=O)N1Cc2[nH]cnc2CC1C(=O)O. The fourth-order valence-electron chi connectivity index (χ4n) is 2.95. The Bertz CT molecular complexity index is 777. The smallest absolute Gasteiger partial charge is 0.326 e. The molecule has 0 spiro atoms. The van der Waals surface area contributed by atoms with Gasteiger partial charge in [0.25, 0.3) is 5.91 Å². The van der Waals surface area contributed by atoms with Crippen LogP contribution in [0, 0.1) is 0 Å². The van der Waals surface area contributed by atoms with Gasteiger partial charge in [0, 0.05) is 13.0 Å². The minimum atomic E-state index is -1.02. The van der Waals surface area contributed by atoms with Crippen molar-refractivity contribution >= 4 is 11.9 Å². The average molecular weight is 331 g/mol. The van der Waals surface area contributed by atoms with Crippen LogP contribution >= 0.6 is 0 Å².